The van der Waals surface area contributed by atoms with Crippen molar-refractivity contribution in [2.24, 2.45) is 0 Å². The van der Waals surface area contributed by atoms with Crippen LogP contribution in [0.25, 0.3) is 10.9 Å². The highest BCUT2D eigenvalue weighted by Gasteiger charge is 2.14. The molecule has 96 valence electrons. The van der Waals surface area contributed by atoms with Gasteiger partial charge in [-0.2, -0.15) is 5.10 Å². The van der Waals surface area contributed by atoms with Gasteiger partial charge in [-0.3, -0.25) is 9.89 Å². The van der Waals surface area contributed by atoms with Crippen molar-refractivity contribution in [3.63, 3.8) is 0 Å². The van der Waals surface area contributed by atoms with Gasteiger partial charge in [-0.05, 0) is 25.5 Å². The number of aromatic amines is 1. The SMILES string of the molecule is CCCCN(CC)C(=O)c1ccc2cn[nH]c2c1. The molecule has 0 aliphatic carbocycles. The van der Waals surface area contributed by atoms with Crippen LogP contribution < -0.4 is 0 Å². The Morgan fingerprint density at radius 3 is 2.94 bits per heavy atom. The number of carbonyl (C=O) groups is 1. The van der Waals surface area contributed by atoms with Crippen LogP contribution in [0.1, 0.15) is 37.0 Å². The first-order valence-corrected chi connectivity index (χ1v) is 6.48. The predicted octanol–water partition coefficient (Wildman–Crippen LogP) is 2.83. The molecule has 0 fully saturated rings. The van der Waals surface area contributed by atoms with Crippen molar-refractivity contribution in [2.75, 3.05) is 13.1 Å². The number of H-pyrrole nitrogens is 1. The van der Waals surface area contributed by atoms with Gasteiger partial charge in [-0.25, -0.2) is 0 Å². The fourth-order valence-electron chi connectivity index (χ4n) is 2.00. The summed E-state index contributed by atoms with van der Waals surface area (Å²) in [6.45, 7) is 5.73. The van der Waals surface area contributed by atoms with E-state index in [0.717, 1.165) is 42.4 Å². The molecular formula is C14H19N3O. The van der Waals surface area contributed by atoms with E-state index in [-0.39, 0.29) is 5.91 Å². The zero-order valence-corrected chi connectivity index (χ0v) is 10.9. The molecule has 2 rings (SSSR count). The van der Waals surface area contributed by atoms with Gasteiger partial charge in [0.05, 0.1) is 11.7 Å². The molecule has 0 aliphatic rings. The van der Waals surface area contributed by atoms with Gasteiger partial charge in [0.25, 0.3) is 5.91 Å². The molecule has 0 bridgehead atoms. The van der Waals surface area contributed by atoms with Gasteiger partial charge in [0, 0.05) is 24.0 Å². The molecule has 0 saturated heterocycles. The molecule has 4 nitrogen and oxygen atoms in total. The first-order valence-electron chi connectivity index (χ1n) is 6.48. The maximum absolute atomic E-state index is 12.3. The van der Waals surface area contributed by atoms with Crippen molar-refractivity contribution in [3.8, 4) is 0 Å². The zero-order chi connectivity index (χ0) is 13.0. The maximum Gasteiger partial charge on any atom is 0.253 e. The van der Waals surface area contributed by atoms with Gasteiger partial charge in [0.1, 0.15) is 0 Å². The lowest BCUT2D eigenvalue weighted by Crippen LogP contribution is -2.31. The van der Waals surface area contributed by atoms with Gasteiger partial charge in [0.15, 0.2) is 0 Å². The van der Waals surface area contributed by atoms with E-state index in [1.165, 1.54) is 0 Å². The third-order valence-electron chi connectivity index (χ3n) is 3.14. The average molecular weight is 245 g/mol. The number of nitrogens with zero attached hydrogens (tertiary/aromatic N) is 2. The molecule has 0 spiro atoms. The number of hydrogen-bond donors (Lipinski definition) is 1. The molecule has 1 N–H and O–H groups in total. The lowest BCUT2D eigenvalue weighted by atomic mass is 10.1. The Balaban J connectivity index is 2.20. The number of hydrogen-bond acceptors (Lipinski definition) is 2. The number of nitrogens with one attached hydrogen (secondary N) is 1. The quantitative estimate of drug-likeness (QED) is 0.880. The molecule has 0 aliphatic heterocycles. The molecule has 0 atom stereocenters. The summed E-state index contributed by atoms with van der Waals surface area (Å²) in [4.78, 5) is 14.2. The van der Waals surface area contributed by atoms with Gasteiger partial charge in [-0.15, -0.1) is 0 Å². The Bertz CT molecular complexity index is 533. The molecular weight excluding hydrogens is 226 g/mol. The minimum Gasteiger partial charge on any atom is -0.339 e. The molecule has 1 aromatic carbocycles. The van der Waals surface area contributed by atoms with Crippen LogP contribution in [0.4, 0.5) is 0 Å². The van der Waals surface area contributed by atoms with E-state index in [2.05, 4.69) is 17.1 Å². The predicted molar refractivity (Wildman–Crippen MR) is 72.6 cm³/mol. The smallest absolute Gasteiger partial charge is 0.253 e. The van der Waals surface area contributed by atoms with Crippen LogP contribution in [-0.2, 0) is 0 Å². The highest BCUT2D eigenvalue weighted by Crippen LogP contribution is 2.14. The van der Waals surface area contributed by atoms with Crippen molar-refractivity contribution < 1.29 is 4.79 Å². The summed E-state index contributed by atoms with van der Waals surface area (Å²) in [7, 11) is 0. The van der Waals surface area contributed by atoms with Gasteiger partial charge < -0.3 is 4.90 Å². The molecule has 18 heavy (non-hydrogen) atoms. The number of fused-ring (bicyclic) bond motifs is 1. The number of unbranched alkanes of at least 4 members (excludes halogenated alkanes) is 1. The fourth-order valence-corrected chi connectivity index (χ4v) is 2.00. The lowest BCUT2D eigenvalue weighted by molar-refractivity contribution is 0.0762. The number of amides is 1. The van der Waals surface area contributed by atoms with Crippen LogP contribution in [-0.4, -0.2) is 34.1 Å². The summed E-state index contributed by atoms with van der Waals surface area (Å²) in [5.41, 5.74) is 1.64. The van der Waals surface area contributed by atoms with Crippen LogP contribution in [0.5, 0.6) is 0 Å². The van der Waals surface area contributed by atoms with Crippen LogP contribution in [0, 0.1) is 0 Å². The Morgan fingerprint density at radius 2 is 2.22 bits per heavy atom. The summed E-state index contributed by atoms with van der Waals surface area (Å²) >= 11 is 0. The van der Waals surface area contributed by atoms with Crippen molar-refractivity contribution >= 4 is 16.8 Å². The van der Waals surface area contributed by atoms with Crippen molar-refractivity contribution in [1.82, 2.24) is 15.1 Å². The van der Waals surface area contributed by atoms with E-state index in [4.69, 9.17) is 0 Å². The first kappa shape index (κ1) is 12.6. The standard InChI is InChI=1S/C14H19N3O/c1-3-5-8-17(4-2)14(18)11-6-7-12-10-15-16-13(12)9-11/h6-7,9-10H,3-5,8H2,1-2H3,(H,15,16). The highest BCUT2D eigenvalue weighted by molar-refractivity contribution is 5.97. The van der Waals surface area contributed by atoms with Crippen molar-refractivity contribution in [1.29, 1.82) is 0 Å². The number of carbonyl (C=O) groups excluding carboxylic acids is 1. The summed E-state index contributed by atoms with van der Waals surface area (Å²) < 4.78 is 0. The second kappa shape index (κ2) is 5.67. The van der Waals surface area contributed by atoms with E-state index in [9.17, 15) is 4.79 Å². The van der Waals surface area contributed by atoms with Crippen LogP contribution in [0.2, 0.25) is 0 Å². The Hall–Kier alpha value is -1.84. The Labute approximate surface area is 107 Å². The average Bonchev–Trinajstić information content (AvgIpc) is 2.86. The van der Waals surface area contributed by atoms with Gasteiger partial charge >= 0.3 is 0 Å². The molecule has 1 aromatic heterocycles. The van der Waals surface area contributed by atoms with Crippen LogP contribution >= 0.6 is 0 Å². The minimum absolute atomic E-state index is 0.0995. The summed E-state index contributed by atoms with van der Waals surface area (Å²) in [6, 6.07) is 5.67. The van der Waals surface area contributed by atoms with E-state index in [1.807, 2.05) is 30.0 Å². The van der Waals surface area contributed by atoms with E-state index >= 15 is 0 Å². The van der Waals surface area contributed by atoms with E-state index in [1.54, 1.807) is 6.20 Å². The van der Waals surface area contributed by atoms with Crippen molar-refractivity contribution in [3.05, 3.63) is 30.0 Å². The minimum atomic E-state index is 0.0995. The molecule has 0 saturated carbocycles. The summed E-state index contributed by atoms with van der Waals surface area (Å²) in [5.74, 6) is 0.0995. The maximum atomic E-state index is 12.3. The summed E-state index contributed by atoms with van der Waals surface area (Å²) in [6.07, 6.45) is 3.91. The second-order valence-electron chi connectivity index (χ2n) is 4.41. The number of rotatable bonds is 5. The Kier molecular flexibility index (Phi) is 3.97. The fraction of sp³-hybridized carbons (Fsp3) is 0.429. The largest absolute Gasteiger partial charge is 0.339 e. The molecule has 4 heteroatoms. The van der Waals surface area contributed by atoms with E-state index in [0.29, 0.717) is 0 Å². The van der Waals surface area contributed by atoms with Gasteiger partial charge in [-0.1, -0.05) is 19.4 Å². The van der Waals surface area contributed by atoms with Crippen LogP contribution in [0.15, 0.2) is 24.4 Å². The monoisotopic (exact) mass is 245 g/mol. The topological polar surface area (TPSA) is 49.0 Å². The van der Waals surface area contributed by atoms with Gasteiger partial charge in [0.2, 0.25) is 0 Å². The Morgan fingerprint density at radius 1 is 1.39 bits per heavy atom. The molecule has 1 heterocycles. The lowest BCUT2D eigenvalue weighted by Gasteiger charge is -2.20. The first-order chi connectivity index (χ1) is 8.76. The molecule has 2 aromatic rings. The van der Waals surface area contributed by atoms with E-state index < -0.39 is 0 Å². The zero-order valence-electron chi connectivity index (χ0n) is 10.9. The summed E-state index contributed by atoms with van der Waals surface area (Å²) in [5, 5.41) is 7.89. The normalized spacial score (nSPS) is 10.8. The molecule has 0 unspecified atom stereocenters. The molecule has 0 radical (unpaired) electrons. The number of benzene rings is 1. The number of aromatic nitrogens is 2. The molecule has 1 amide bonds. The van der Waals surface area contributed by atoms with Crippen LogP contribution in [0.3, 0.4) is 0 Å². The second-order valence-corrected chi connectivity index (χ2v) is 4.41. The van der Waals surface area contributed by atoms with Crippen molar-refractivity contribution in [2.45, 2.75) is 26.7 Å². The third kappa shape index (κ3) is 2.53. The third-order valence-corrected chi connectivity index (χ3v) is 3.14. The highest BCUT2D eigenvalue weighted by atomic mass is 16.2.